The van der Waals surface area contributed by atoms with Gasteiger partial charge in [0.05, 0.1) is 7.11 Å². The van der Waals surface area contributed by atoms with Crippen LogP contribution in [0.1, 0.15) is 30.0 Å². The van der Waals surface area contributed by atoms with E-state index in [1.165, 1.54) is 27.8 Å². The third-order valence-corrected chi connectivity index (χ3v) is 3.69. The van der Waals surface area contributed by atoms with Crippen LogP contribution in [0.25, 0.3) is 11.1 Å². The number of hydrogen-bond acceptors (Lipinski definition) is 2. The van der Waals surface area contributed by atoms with Crippen molar-refractivity contribution in [2.75, 3.05) is 13.7 Å². The van der Waals surface area contributed by atoms with E-state index in [4.69, 9.17) is 4.74 Å². The minimum atomic E-state index is 0.889. The monoisotopic (exact) mass is 283 g/mol. The van der Waals surface area contributed by atoms with Crippen molar-refractivity contribution >= 4 is 0 Å². The lowest BCUT2D eigenvalue weighted by Crippen LogP contribution is -2.14. The number of benzene rings is 2. The highest BCUT2D eigenvalue weighted by Gasteiger charge is 2.13. The Balaban J connectivity index is 2.47. The van der Waals surface area contributed by atoms with Gasteiger partial charge in [-0.1, -0.05) is 37.3 Å². The number of aryl methyl sites for hydroxylation is 2. The van der Waals surface area contributed by atoms with Gasteiger partial charge in [0.25, 0.3) is 0 Å². The van der Waals surface area contributed by atoms with Gasteiger partial charge in [0.2, 0.25) is 0 Å². The van der Waals surface area contributed by atoms with E-state index in [2.05, 4.69) is 62.5 Å². The second-order valence-electron chi connectivity index (χ2n) is 5.49. The lowest BCUT2D eigenvalue weighted by molar-refractivity contribution is 0.416. The molecular formula is C19H25NO. The number of nitrogens with one attached hydrogen (secondary N) is 1. The Kier molecular flexibility index (Phi) is 5.40. The summed E-state index contributed by atoms with van der Waals surface area (Å²) < 4.78 is 5.62. The van der Waals surface area contributed by atoms with Crippen LogP contribution < -0.4 is 10.1 Å². The average Bonchev–Trinajstić information content (AvgIpc) is 2.47. The summed E-state index contributed by atoms with van der Waals surface area (Å²) in [5, 5.41) is 3.49. The smallest absolute Gasteiger partial charge is 0.127 e. The summed E-state index contributed by atoms with van der Waals surface area (Å²) in [6, 6.07) is 12.9. The molecule has 0 amide bonds. The molecule has 0 saturated carbocycles. The minimum Gasteiger partial charge on any atom is -0.496 e. The third-order valence-electron chi connectivity index (χ3n) is 3.69. The van der Waals surface area contributed by atoms with Crippen molar-refractivity contribution in [2.24, 2.45) is 0 Å². The predicted octanol–water partition coefficient (Wildman–Crippen LogP) is 4.48. The molecule has 0 heterocycles. The van der Waals surface area contributed by atoms with E-state index in [1.807, 2.05) is 0 Å². The summed E-state index contributed by atoms with van der Waals surface area (Å²) in [6.45, 7) is 8.38. The number of ether oxygens (including phenoxy) is 1. The maximum atomic E-state index is 5.62. The molecule has 2 heteroatoms. The van der Waals surface area contributed by atoms with Crippen molar-refractivity contribution in [3.05, 3.63) is 53.1 Å². The van der Waals surface area contributed by atoms with Crippen LogP contribution in [0.5, 0.6) is 5.75 Å². The van der Waals surface area contributed by atoms with Gasteiger partial charge in [0, 0.05) is 12.1 Å². The zero-order valence-electron chi connectivity index (χ0n) is 13.5. The molecule has 1 N–H and O–H groups in total. The SMILES string of the molecule is CCCNCc1ccccc1-c1c(C)cc(C)cc1OC. The van der Waals surface area contributed by atoms with E-state index in [-0.39, 0.29) is 0 Å². The molecule has 0 aromatic heterocycles. The molecule has 0 aliphatic rings. The number of methoxy groups -OCH3 is 1. The van der Waals surface area contributed by atoms with E-state index >= 15 is 0 Å². The molecule has 21 heavy (non-hydrogen) atoms. The number of rotatable bonds is 6. The fourth-order valence-corrected chi connectivity index (χ4v) is 2.75. The molecular weight excluding hydrogens is 258 g/mol. The molecule has 2 aromatic rings. The number of hydrogen-bond donors (Lipinski definition) is 1. The highest BCUT2D eigenvalue weighted by molar-refractivity contribution is 5.77. The molecule has 0 aliphatic carbocycles. The first-order valence-electron chi connectivity index (χ1n) is 7.61. The van der Waals surface area contributed by atoms with Gasteiger partial charge in [-0.15, -0.1) is 0 Å². The first kappa shape index (κ1) is 15.6. The van der Waals surface area contributed by atoms with Crippen molar-refractivity contribution in [1.29, 1.82) is 0 Å². The Morgan fingerprint density at radius 1 is 1.10 bits per heavy atom. The lowest BCUT2D eigenvalue weighted by Gasteiger charge is -2.17. The van der Waals surface area contributed by atoms with Crippen molar-refractivity contribution < 1.29 is 4.74 Å². The van der Waals surface area contributed by atoms with Gasteiger partial charge in [0.1, 0.15) is 5.75 Å². The van der Waals surface area contributed by atoms with Crippen LogP contribution in [0.2, 0.25) is 0 Å². The van der Waals surface area contributed by atoms with Crippen LogP contribution in [-0.4, -0.2) is 13.7 Å². The van der Waals surface area contributed by atoms with Gasteiger partial charge in [-0.2, -0.15) is 0 Å². The quantitative estimate of drug-likeness (QED) is 0.789. The second-order valence-corrected chi connectivity index (χ2v) is 5.49. The zero-order chi connectivity index (χ0) is 15.2. The largest absolute Gasteiger partial charge is 0.496 e. The average molecular weight is 283 g/mol. The van der Waals surface area contributed by atoms with Gasteiger partial charge in [-0.3, -0.25) is 0 Å². The predicted molar refractivity (Wildman–Crippen MR) is 89.9 cm³/mol. The molecule has 0 unspecified atom stereocenters. The van der Waals surface area contributed by atoms with Crippen molar-refractivity contribution in [1.82, 2.24) is 5.32 Å². The Bertz CT molecular complexity index is 605. The highest BCUT2D eigenvalue weighted by Crippen LogP contribution is 2.36. The maximum Gasteiger partial charge on any atom is 0.127 e. The maximum absolute atomic E-state index is 5.62. The fourth-order valence-electron chi connectivity index (χ4n) is 2.75. The van der Waals surface area contributed by atoms with E-state index in [9.17, 15) is 0 Å². The third kappa shape index (κ3) is 3.64. The normalized spacial score (nSPS) is 10.7. The molecule has 0 aliphatic heterocycles. The van der Waals surface area contributed by atoms with Gasteiger partial charge in [-0.25, -0.2) is 0 Å². The summed E-state index contributed by atoms with van der Waals surface area (Å²) in [7, 11) is 1.75. The molecule has 2 rings (SSSR count). The molecule has 2 aromatic carbocycles. The van der Waals surface area contributed by atoms with Gasteiger partial charge in [-0.05, 0) is 55.1 Å². The summed E-state index contributed by atoms with van der Waals surface area (Å²) in [5.74, 6) is 0.954. The topological polar surface area (TPSA) is 21.3 Å². The minimum absolute atomic E-state index is 0.889. The second kappa shape index (κ2) is 7.28. The summed E-state index contributed by atoms with van der Waals surface area (Å²) in [6.07, 6.45) is 1.15. The van der Waals surface area contributed by atoms with Crippen LogP contribution in [0, 0.1) is 13.8 Å². The van der Waals surface area contributed by atoms with E-state index < -0.39 is 0 Å². The Morgan fingerprint density at radius 3 is 2.57 bits per heavy atom. The van der Waals surface area contributed by atoms with E-state index in [0.717, 1.165) is 25.3 Å². The molecule has 0 atom stereocenters. The van der Waals surface area contributed by atoms with Crippen LogP contribution >= 0.6 is 0 Å². The molecule has 2 nitrogen and oxygen atoms in total. The van der Waals surface area contributed by atoms with Gasteiger partial charge in [0.15, 0.2) is 0 Å². The Hall–Kier alpha value is -1.80. The van der Waals surface area contributed by atoms with E-state index in [0.29, 0.717) is 0 Å². The molecule has 0 bridgehead atoms. The highest BCUT2D eigenvalue weighted by atomic mass is 16.5. The van der Waals surface area contributed by atoms with E-state index in [1.54, 1.807) is 7.11 Å². The summed E-state index contributed by atoms with van der Waals surface area (Å²) in [4.78, 5) is 0. The first-order chi connectivity index (χ1) is 10.2. The molecule has 0 spiro atoms. The Morgan fingerprint density at radius 2 is 1.86 bits per heavy atom. The van der Waals surface area contributed by atoms with Crippen LogP contribution in [-0.2, 0) is 6.54 Å². The lowest BCUT2D eigenvalue weighted by atomic mass is 9.93. The standard InChI is InChI=1S/C19H25NO/c1-5-10-20-13-16-8-6-7-9-17(16)19-15(3)11-14(2)12-18(19)21-4/h6-9,11-12,20H,5,10,13H2,1-4H3. The van der Waals surface area contributed by atoms with Crippen molar-refractivity contribution in [2.45, 2.75) is 33.7 Å². The Labute approximate surface area is 128 Å². The van der Waals surface area contributed by atoms with Crippen LogP contribution in [0.3, 0.4) is 0 Å². The fraction of sp³-hybridized carbons (Fsp3) is 0.368. The van der Waals surface area contributed by atoms with Crippen molar-refractivity contribution in [3.63, 3.8) is 0 Å². The summed E-state index contributed by atoms with van der Waals surface area (Å²) in [5.41, 5.74) is 6.27. The molecule has 112 valence electrons. The zero-order valence-corrected chi connectivity index (χ0v) is 13.5. The molecule has 0 radical (unpaired) electrons. The van der Waals surface area contributed by atoms with Crippen LogP contribution in [0.4, 0.5) is 0 Å². The molecule has 0 fully saturated rings. The van der Waals surface area contributed by atoms with Gasteiger partial charge >= 0.3 is 0 Å². The first-order valence-corrected chi connectivity index (χ1v) is 7.61. The van der Waals surface area contributed by atoms with Crippen LogP contribution in [0.15, 0.2) is 36.4 Å². The molecule has 0 saturated heterocycles. The van der Waals surface area contributed by atoms with Gasteiger partial charge < -0.3 is 10.1 Å². The van der Waals surface area contributed by atoms with Crippen molar-refractivity contribution in [3.8, 4) is 16.9 Å². The summed E-state index contributed by atoms with van der Waals surface area (Å²) >= 11 is 0.